The van der Waals surface area contributed by atoms with Gasteiger partial charge in [0.05, 0.1) is 11.1 Å². The molecular weight excluding hydrogens is 276 g/mol. The van der Waals surface area contributed by atoms with Gasteiger partial charge in [-0.1, -0.05) is 36.2 Å². The van der Waals surface area contributed by atoms with E-state index in [2.05, 4.69) is 28.1 Å². The van der Waals surface area contributed by atoms with Crippen molar-refractivity contribution in [1.82, 2.24) is 15.1 Å². The molecule has 1 aliphatic rings. The van der Waals surface area contributed by atoms with Crippen LogP contribution in [0.25, 0.3) is 22.5 Å². The molecule has 0 saturated heterocycles. The zero-order valence-corrected chi connectivity index (χ0v) is 12.5. The standard InChI is InChI=1S/C17H18N4O/c1-11-10-14(19-13-7-3-2-6-12(11)13)15-20-16(21-22-15)17(18)8-4-5-9-17/h2-3,6-7,10H,4-5,8-9,18H2,1H3. The number of nitrogens with zero attached hydrogens (tertiary/aromatic N) is 3. The molecule has 3 aromatic rings. The van der Waals surface area contributed by atoms with Crippen molar-refractivity contribution in [3.8, 4) is 11.6 Å². The SMILES string of the molecule is Cc1cc(-c2nc(C3(N)CCCC3)no2)nc2ccccc12. The molecule has 22 heavy (non-hydrogen) atoms. The van der Waals surface area contributed by atoms with Crippen molar-refractivity contribution in [3.05, 3.63) is 41.7 Å². The fraction of sp³-hybridized carbons (Fsp3) is 0.353. The van der Waals surface area contributed by atoms with Gasteiger partial charge in [-0.15, -0.1) is 0 Å². The lowest BCUT2D eigenvalue weighted by atomic mass is 9.99. The quantitative estimate of drug-likeness (QED) is 0.784. The second-order valence-electron chi connectivity index (χ2n) is 6.13. The maximum absolute atomic E-state index is 6.39. The first-order chi connectivity index (χ1) is 10.7. The molecule has 0 bridgehead atoms. The first-order valence-corrected chi connectivity index (χ1v) is 7.66. The van der Waals surface area contributed by atoms with Crippen LogP contribution in [0.15, 0.2) is 34.9 Å². The minimum Gasteiger partial charge on any atom is -0.332 e. The molecule has 5 nitrogen and oxygen atoms in total. The van der Waals surface area contributed by atoms with Crippen molar-refractivity contribution in [2.75, 3.05) is 0 Å². The molecule has 0 atom stereocenters. The average molecular weight is 294 g/mol. The Labute approximate surface area is 128 Å². The van der Waals surface area contributed by atoms with Crippen LogP contribution in [0, 0.1) is 6.92 Å². The smallest absolute Gasteiger partial charge is 0.276 e. The molecule has 1 aliphatic carbocycles. The highest BCUT2D eigenvalue weighted by molar-refractivity contribution is 5.84. The lowest BCUT2D eigenvalue weighted by Crippen LogP contribution is -2.34. The van der Waals surface area contributed by atoms with Crippen LogP contribution < -0.4 is 5.73 Å². The topological polar surface area (TPSA) is 77.8 Å². The van der Waals surface area contributed by atoms with Crippen LogP contribution in [0.2, 0.25) is 0 Å². The number of rotatable bonds is 2. The summed E-state index contributed by atoms with van der Waals surface area (Å²) in [4.78, 5) is 9.15. The molecule has 0 amide bonds. The summed E-state index contributed by atoms with van der Waals surface area (Å²) in [6, 6.07) is 10.0. The fourth-order valence-corrected chi connectivity index (χ4v) is 3.22. The van der Waals surface area contributed by atoms with Crippen molar-refractivity contribution < 1.29 is 4.52 Å². The van der Waals surface area contributed by atoms with Gasteiger partial charge in [0.15, 0.2) is 5.82 Å². The van der Waals surface area contributed by atoms with Gasteiger partial charge < -0.3 is 10.3 Å². The summed E-state index contributed by atoms with van der Waals surface area (Å²) in [5, 5.41) is 5.24. The molecule has 1 aromatic carbocycles. The second-order valence-corrected chi connectivity index (χ2v) is 6.13. The maximum Gasteiger partial charge on any atom is 0.276 e. The third-order valence-electron chi connectivity index (χ3n) is 4.51. The van der Waals surface area contributed by atoms with E-state index < -0.39 is 5.54 Å². The van der Waals surface area contributed by atoms with Crippen molar-refractivity contribution >= 4 is 10.9 Å². The van der Waals surface area contributed by atoms with E-state index in [0.717, 1.165) is 42.1 Å². The van der Waals surface area contributed by atoms with Crippen molar-refractivity contribution in [2.24, 2.45) is 5.73 Å². The van der Waals surface area contributed by atoms with Crippen LogP contribution in [-0.2, 0) is 5.54 Å². The number of fused-ring (bicyclic) bond motifs is 1. The third-order valence-corrected chi connectivity index (χ3v) is 4.51. The number of aryl methyl sites for hydroxylation is 1. The molecule has 112 valence electrons. The molecule has 2 heterocycles. The van der Waals surface area contributed by atoms with Gasteiger partial charge >= 0.3 is 0 Å². The minimum atomic E-state index is -0.437. The van der Waals surface area contributed by atoms with Crippen LogP contribution >= 0.6 is 0 Å². The number of aromatic nitrogens is 3. The predicted molar refractivity (Wildman–Crippen MR) is 84.1 cm³/mol. The summed E-state index contributed by atoms with van der Waals surface area (Å²) in [6.07, 6.45) is 4.06. The minimum absolute atomic E-state index is 0.437. The van der Waals surface area contributed by atoms with Gasteiger partial charge in [-0.25, -0.2) is 4.98 Å². The number of hydrogen-bond donors (Lipinski definition) is 1. The van der Waals surface area contributed by atoms with Crippen LogP contribution in [0.3, 0.4) is 0 Å². The highest BCUT2D eigenvalue weighted by atomic mass is 16.5. The summed E-state index contributed by atoms with van der Waals surface area (Å²) in [5.74, 6) is 1.05. The molecule has 0 aliphatic heterocycles. The highest BCUT2D eigenvalue weighted by Gasteiger charge is 2.36. The Kier molecular flexibility index (Phi) is 2.97. The van der Waals surface area contributed by atoms with Gasteiger partial charge in [-0.3, -0.25) is 0 Å². The van der Waals surface area contributed by atoms with E-state index in [0.29, 0.717) is 17.4 Å². The number of benzene rings is 1. The molecule has 2 aromatic heterocycles. The Morgan fingerprint density at radius 1 is 1.14 bits per heavy atom. The summed E-state index contributed by atoms with van der Waals surface area (Å²) >= 11 is 0. The van der Waals surface area contributed by atoms with Crippen LogP contribution in [0.5, 0.6) is 0 Å². The lowest BCUT2D eigenvalue weighted by Gasteiger charge is -2.17. The molecule has 0 unspecified atom stereocenters. The molecule has 2 N–H and O–H groups in total. The van der Waals surface area contributed by atoms with E-state index in [1.165, 1.54) is 0 Å². The average Bonchev–Trinajstić information content (AvgIpc) is 3.17. The first kappa shape index (κ1) is 13.4. The van der Waals surface area contributed by atoms with E-state index in [4.69, 9.17) is 10.3 Å². The zero-order chi connectivity index (χ0) is 15.2. The number of pyridine rings is 1. The molecule has 1 saturated carbocycles. The van der Waals surface area contributed by atoms with E-state index in [-0.39, 0.29) is 0 Å². The highest BCUT2D eigenvalue weighted by Crippen LogP contribution is 2.35. The van der Waals surface area contributed by atoms with Gasteiger partial charge in [-0.2, -0.15) is 4.98 Å². The molecular formula is C17H18N4O. The van der Waals surface area contributed by atoms with Gasteiger partial charge in [0.25, 0.3) is 5.89 Å². The molecule has 5 heteroatoms. The fourth-order valence-electron chi connectivity index (χ4n) is 3.22. The van der Waals surface area contributed by atoms with Crippen molar-refractivity contribution in [3.63, 3.8) is 0 Å². The van der Waals surface area contributed by atoms with Gasteiger partial charge in [0.1, 0.15) is 5.69 Å². The molecule has 1 fully saturated rings. The molecule has 0 radical (unpaired) electrons. The van der Waals surface area contributed by atoms with Crippen LogP contribution in [-0.4, -0.2) is 15.1 Å². The van der Waals surface area contributed by atoms with Crippen molar-refractivity contribution in [2.45, 2.75) is 38.1 Å². The Morgan fingerprint density at radius 2 is 1.91 bits per heavy atom. The maximum atomic E-state index is 6.39. The summed E-state index contributed by atoms with van der Waals surface area (Å²) in [7, 11) is 0. The molecule has 0 spiro atoms. The molecule has 4 rings (SSSR count). The van der Waals surface area contributed by atoms with Crippen LogP contribution in [0.1, 0.15) is 37.1 Å². The van der Waals surface area contributed by atoms with Crippen molar-refractivity contribution in [1.29, 1.82) is 0 Å². The van der Waals surface area contributed by atoms with E-state index >= 15 is 0 Å². The lowest BCUT2D eigenvalue weighted by molar-refractivity contribution is 0.372. The van der Waals surface area contributed by atoms with Gasteiger partial charge in [-0.05, 0) is 37.5 Å². The Morgan fingerprint density at radius 3 is 2.73 bits per heavy atom. The monoisotopic (exact) mass is 294 g/mol. The van der Waals surface area contributed by atoms with Gasteiger partial charge in [0.2, 0.25) is 0 Å². The summed E-state index contributed by atoms with van der Waals surface area (Å²) in [5.41, 5.74) is 8.73. The number of hydrogen-bond acceptors (Lipinski definition) is 5. The zero-order valence-electron chi connectivity index (χ0n) is 12.5. The Bertz CT molecular complexity index is 834. The van der Waals surface area contributed by atoms with E-state index in [1.54, 1.807) is 0 Å². The Balaban J connectivity index is 1.78. The second kappa shape index (κ2) is 4.88. The first-order valence-electron chi connectivity index (χ1n) is 7.66. The number of para-hydroxylation sites is 1. The summed E-state index contributed by atoms with van der Waals surface area (Å²) in [6.45, 7) is 2.06. The Hall–Kier alpha value is -2.27. The predicted octanol–water partition coefficient (Wildman–Crippen LogP) is 3.32. The summed E-state index contributed by atoms with van der Waals surface area (Å²) < 4.78 is 5.43. The van der Waals surface area contributed by atoms with E-state index in [1.807, 2.05) is 24.3 Å². The van der Waals surface area contributed by atoms with E-state index in [9.17, 15) is 0 Å². The number of nitrogens with two attached hydrogens (primary N) is 1. The third kappa shape index (κ3) is 2.09. The largest absolute Gasteiger partial charge is 0.332 e. The normalized spacial score (nSPS) is 17.2. The van der Waals surface area contributed by atoms with Crippen LogP contribution in [0.4, 0.5) is 0 Å². The van der Waals surface area contributed by atoms with Gasteiger partial charge in [0, 0.05) is 5.39 Å².